The molecule has 0 spiro atoms. The van der Waals surface area contributed by atoms with Gasteiger partial charge in [-0.15, -0.1) is 0 Å². The molecule has 2 N–H and O–H groups in total. The molecular formula is C15H21N3O4S. The largest absolute Gasteiger partial charge is 0.482 e. The summed E-state index contributed by atoms with van der Waals surface area (Å²) in [6.07, 6.45) is 2.10. The SMILES string of the molecule is CCN1CCC[C@H]1CNS(=O)(=O)c1ccc2c(c1)NC(=O)CO2. The Bertz CT molecular complexity index is 705. The van der Waals surface area contributed by atoms with Crippen molar-refractivity contribution >= 4 is 21.6 Å². The molecule has 2 heterocycles. The zero-order valence-corrected chi connectivity index (χ0v) is 13.9. The molecule has 0 unspecified atom stereocenters. The van der Waals surface area contributed by atoms with Gasteiger partial charge in [-0.1, -0.05) is 6.92 Å². The molecule has 8 heteroatoms. The van der Waals surface area contributed by atoms with Gasteiger partial charge in [0.15, 0.2) is 6.61 Å². The Balaban J connectivity index is 1.72. The summed E-state index contributed by atoms with van der Waals surface area (Å²) in [6, 6.07) is 4.73. The second kappa shape index (κ2) is 6.46. The van der Waals surface area contributed by atoms with Gasteiger partial charge in [0.05, 0.1) is 10.6 Å². The highest BCUT2D eigenvalue weighted by atomic mass is 32.2. The Hall–Kier alpha value is -1.64. The van der Waals surface area contributed by atoms with Crippen molar-refractivity contribution in [3.8, 4) is 5.75 Å². The number of sulfonamides is 1. The third-order valence-electron chi connectivity index (χ3n) is 4.31. The predicted octanol–water partition coefficient (Wildman–Crippen LogP) is 0.780. The first kappa shape index (κ1) is 16.2. The van der Waals surface area contributed by atoms with Crippen LogP contribution >= 0.6 is 0 Å². The molecule has 0 saturated carbocycles. The maximum Gasteiger partial charge on any atom is 0.262 e. The average Bonchev–Trinajstić information content (AvgIpc) is 3.00. The highest BCUT2D eigenvalue weighted by molar-refractivity contribution is 7.89. The summed E-state index contributed by atoms with van der Waals surface area (Å²) in [4.78, 5) is 13.8. The molecule has 3 rings (SSSR count). The number of nitrogens with zero attached hydrogens (tertiary/aromatic N) is 1. The van der Waals surface area contributed by atoms with E-state index >= 15 is 0 Å². The van der Waals surface area contributed by atoms with Crippen LogP contribution in [-0.2, 0) is 14.8 Å². The van der Waals surface area contributed by atoms with Crippen molar-refractivity contribution in [3.05, 3.63) is 18.2 Å². The number of hydrogen-bond acceptors (Lipinski definition) is 5. The normalized spacial score (nSPS) is 21.6. The number of carbonyl (C=O) groups excluding carboxylic acids is 1. The molecular weight excluding hydrogens is 318 g/mol. The predicted molar refractivity (Wildman–Crippen MR) is 86.0 cm³/mol. The highest BCUT2D eigenvalue weighted by Gasteiger charge is 2.26. The van der Waals surface area contributed by atoms with Crippen LogP contribution in [0.3, 0.4) is 0 Å². The number of amides is 1. The van der Waals surface area contributed by atoms with E-state index < -0.39 is 10.0 Å². The van der Waals surface area contributed by atoms with Gasteiger partial charge in [0.2, 0.25) is 10.0 Å². The number of ether oxygens (including phenoxy) is 1. The van der Waals surface area contributed by atoms with Crippen molar-refractivity contribution in [2.24, 2.45) is 0 Å². The van der Waals surface area contributed by atoms with Crippen LogP contribution in [0.5, 0.6) is 5.75 Å². The number of hydrogen-bond donors (Lipinski definition) is 2. The van der Waals surface area contributed by atoms with E-state index in [1.807, 2.05) is 0 Å². The molecule has 1 atom stereocenters. The molecule has 2 aliphatic rings. The summed E-state index contributed by atoms with van der Waals surface area (Å²) in [7, 11) is -3.61. The highest BCUT2D eigenvalue weighted by Crippen LogP contribution is 2.30. The Morgan fingerprint density at radius 2 is 2.26 bits per heavy atom. The van der Waals surface area contributed by atoms with Gasteiger partial charge >= 0.3 is 0 Å². The molecule has 126 valence electrons. The van der Waals surface area contributed by atoms with Gasteiger partial charge in [-0.2, -0.15) is 0 Å². The van der Waals surface area contributed by atoms with Crippen molar-refractivity contribution < 1.29 is 17.9 Å². The van der Waals surface area contributed by atoms with E-state index in [2.05, 4.69) is 21.9 Å². The van der Waals surface area contributed by atoms with Crippen LogP contribution in [0, 0.1) is 0 Å². The fraction of sp³-hybridized carbons (Fsp3) is 0.533. The molecule has 0 aliphatic carbocycles. The first-order chi connectivity index (χ1) is 11.0. The number of likely N-dealkylation sites (tertiary alicyclic amines) is 1. The maximum absolute atomic E-state index is 12.5. The Morgan fingerprint density at radius 1 is 1.43 bits per heavy atom. The summed E-state index contributed by atoms with van der Waals surface area (Å²) >= 11 is 0. The smallest absolute Gasteiger partial charge is 0.262 e. The molecule has 0 bridgehead atoms. The van der Waals surface area contributed by atoms with Crippen LogP contribution in [-0.4, -0.2) is 51.5 Å². The monoisotopic (exact) mass is 339 g/mol. The first-order valence-corrected chi connectivity index (χ1v) is 9.28. The van der Waals surface area contributed by atoms with Crippen molar-refractivity contribution in [2.45, 2.75) is 30.7 Å². The third-order valence-corrected chi connectivity index (χ3v) is 5.73. The van der Waals surface area contributed by atoms with Crippen LogP contribution in [0.2, 0.25) is 0 Å². The average molecular weight is 339 g/mol. The minimum absolute atomic E-state index is 0.0497. The molecule has 1 fully saturated rings. The Morgan fingerprint density at radius 3 is 3.04 bits per heavy atom. The first-order valence-electron chi connectivity index (χ1n) is 7.80. The van der Waals surface area contributed by atoms with E-state index in [0.717, 1.165) is 25.9 Å². The number of anilines is 1. The van der Waals surface area contributed by atoms with Crippen molar-refractivity contribution in [1.82, 2.24) is 9.62 Å². The number of benzene rings is 1. The molecule has 1 aromatic rings. The fourth-order valence-electron chi connectivity index (χ4n) is 3.06. The van der Waals surface area contributed by atoms with Crippen LogP contribution < -0.4 is 14.8 Å². The molecule has 23 heavy (non-hydrogen) atoms. The Kier molecular flexibility index (Phi) is 4.56. The maximum atomic E-state index is 12.5. The van der Waals surface area contributed by atoms with Gasteiger partial charge < -0.3 is 10.1 Å². The van der Waals surface area contributed by atoms with E-state index in [4.69, 9.17) is 4.74 Å². The summed E-state index contributed by atoms with van der Waals surface area (Å²) < 4.78 is 32.9. The standard InChI is InChI=1S/C15H21N3O4S/c1-2-18-7-3-4-11(18)9-16-23(20,21)12-5-6-14-13(8-12)17-15(19)10-22-14/h5-6,8,11,16H,2-4,7,9-10H2,1H3,(H,17,19)/t11-/m0/s1. The summed E-state index contributed by atoms with van der Waals surface area (Å²) in [5, 5.41) is 2.62. The lowest BCUT2D eigenvalue weighted by atomic mass is 10.2. The van der Waals surface area contributed by atoms with Crippen molar-refractivity contribution in [3.63, 3.8) is 0 Å². The second-order valence-corrected chi connectivity index (χ2v) is 7.54. The van der Waals surface area contributed by atoms with Crippen LogP contribution in [0.15, 0.2) is 23.1 Å². The van der Waals surface area contributed by atoms with Gasteiger partial charge in [-0.05, 0) is 44.1 Å². The molecule has 1 saturated heterocycles. The van der Waals surface area contributed by atoms with E-state index in [-0.39, 0.29) is 23.5 Å². The number of carbonyl (C=O) groups is 1. The van der Waals surface area contributed by atoms with E-state index in [9.17, 15) is 13.2 Å². The molecule has 1 amide bonds. The van der Waals surface area contributed by atoms with E-state index in [0.29, 0.717) is 18.0 Å². The zero-order valence-electron chi connectivity index (χ0n) is 13.0. The molecule has 0 radical (unpaired) electrons. The van der Waals surface area contributed by atoms with E-state index in [1.165, 1.54) is 12.1 Å². The van der Waals surface area contributed by atoms with E-state index in [1.54, 1.807) is 6.07 Å². The molecule has 1 aromatic carbocycles. The topological polar surface area (TPSA) is 87.7 Å². The molecule has 2 aliphatic heterocycles. The lowest BCUT2D eigenvalue weighted by molar-refractivity contribution is -0.118. The number of likely N-dealkylation sites (N-methyl/N-ethyl adjacent to an activating group) is 1. The molecule has 0 aromatic heterocycles. The van der Waals surface area contributed by atoms with Gasteiger partial charge in [0.1, 0.15) is 5.75 Å². The second-order valence-electron chi connectivity index (χ2n) is 5.77. The van der Waals surface area contributed by atoms with Gasteiger partial charge in [-0.25, -0.2) is 13.1 Å². The summed E-state index contributed by atoms with van der Waals surface area (Å²) in [5.74, 6) is 0.195. The number of rotatable bonds is 5. The quantitative estimate of drug-likeness (QED) is 0.828. The number of nitrogens with one attached hydrogen (secondary N) is 2. The van der Waals surface area contributed by atoms with Crippen LogP contribution in [0.1, 0.15) is 19.8 Å². The fourth-order valence-corrected chi connectivity index (χ4v) is 4.16. The lowest BCUT2D eigenvalue weighted by Crippen LogP contribution is -2.40. The summed E-state index contributed by atoms with van der Waals surface area (Å²) in [5.41, 5.74) is 0.389. The van der Waals surface area contributed by atoms with Crippen molar-refractivity contribution in [2.75, 3.05) is 31.6 Å². The lowest BCUT2D eigenvalue weighted by Gasteiger charge is -2.23. The Labute approximate surface area is 136 Å². The zero-order chi connectivity index (χ0) is 16.4. The summed E-state index contributed by atoms with van der Waals surface area (Å²) in [6.45, 7) is 4.38. The molecule has 7 nitrogen and oxygen atoms in total. The third kappa shape index (κ3) is 3.49. The van der Waals surface area contributed by atoms with Crippen LogP contribution in [0.25, 0.3) is 0 Å². The minimum Gasteiger partial charge on any atom is -0.482 e. The van der Waals surface area contributed by atoms with Crippen LogP contribution in [0.4, 0.5) is 5.69 Å². The van der Waals surface area contributed by atoms with Crippen molar-refractivity contribution in [1.29, 1.82) is 0 Å². The minimum atomic E-state index is -3.61. The van der Waals surface area contributed by atoms with Gasteiger partial charge in [0, 0.05) is 12.6 Å². The number of fused-ring (bicyclic) bond motifs is 1. The van der Waals surface area contributed by atoms with Gasteiger partial charge in [0.25, 0.3) is 5.91 Å². The van der Waals surface area contributed by atoms with Gasteiger partial charge in [-0.3, -0.25) is 9.69 Å².